The number of benzene rings is 1. The highest BCUT2D eigenvalue weighted by Gasteiger charge is 2.44. The number of hydrogen-bond acceptors (Lipinski definition) is 4. The largest absolute Gasteiger partial charge is 0.461 e. The molecule has 0 aromatic heterocycles. The molecule has 216 valence electrons. The summed E-state index contributed by atoms with van der Waals surface area (Å²) in [5.41, 5.74) is 0.980. The number of carbonyl (C=O) groups excluding carboxylic acids is 2. The Kier molecular flexibility index (Phi) is 13.6. The average Bonchev–Trinajstić information content (AvgIpc) is 3.12. The molecule has 0 heterocycles. The van der Waals surface area contributed by atoms with Crippen LogP contribution in [0.1, 0.15) is 96.5 Å². The number of ether oxygens (including phenoxy) is 1. The van der Waals surface area contributed by atoms with Crippen LogP contribution >= 0.6 is 0 Å². The molecule has 38 heavy (non-hydrogen) atoms. The standard InChI is InChI=1S/C31H50F2O4Si/c1-6-7-21-31(32,33)29(37-38(3,4)5)20-19-26-24(2)22-28(34)27(26)17-13-8-9-14-18-30(35)36-23-25-15-11-10-12-16-25/h10-12,15-16,24,26-27,29H,6-9,13-14,17-23H2,1-5H3/t24-,26+,27-,29?/m1/s1. The van der Waals surface area contributed by atoms with Crippen LogP contribution in [0.5, 0.6) is 0 Å². The van der Waals surface area contributed by atoms with Gasteiger partial charge in [-0.05, 0) is 69.1 Å². The molecule has 1 aromatic rings. The Morgan fingerprint density at radius 1 is 1.05 bits per heavy atom. The summed E-state index contributed by atoms with van der Waals surface area (Å²) in [5, 5.41) is 0. The van der Waals surface area contributed by atoms with Gasteiger partial charge in [0.2, 0.25) is 0 Å². The average molecular weight is 553 g/mol. The first-order valence-electron chi connectivity index (χ1n) is 14.7. The SMILES string of the molecule is CCCCC(F)(F)C(CC[C@H]1[C@H](C)CC(=O)[C@@H]1CCCCCCC(=O)OCc1ccccc1)O[Si](C)(C)C. The predicted octanol–water partition coefficient (Wildman–Crippen LogP) is 8.74. The first-order chi connectivity index (χ1) is 17.9. The summed E-state index contributed by atoms with van der Waals surface area (Å²) in [5.74, 6) is -2.40. The van der Waals surface area contributed by atoms with Crippen LogP contribution in [0.15, 0.2) is 30.3 Å². The normalized spacial score (nSPS) is 21.0. The van der Waals surface area contributed by atoms with Crippen molar-refractivity contribution in [2.75, 3.05) is 0 Å². The molecule has 1 fully saturated rings. The van der Waals surface area contributed by atoms with Crippen LogP contribution in [-0.2, 0) is 25.4 Å². The topological polar surface area (TPSA) is 52.6 Å². The minimum absolute atomic E-state index is 0.0439. The van der Waals surface area contributed by atoms with E-state index in [1.165, 1.54) is 0 Å². The number of ketones is 1. The van der Waals surface area contributed by atoms with Crippen molar-refractivity contribution >= 4 is 20.1 Å². The number of unbranched alkanes of at least 4 members (excludes halogenated alkanes) is 4. The minimum atomic E-state index is -2.83. The molecule has 0 aliphatic heterocycles. The molecule has 0 spiro atoms. The summed E-state index contributed by atoms with van der Waals surface area (Å²) in [4.78, 5) is 24.8. The highest BCUT2D eigenvalue weighted by atomic mass is 28.4. The number of hydrogen-bond donors (Lipinski definition) is 0. The molecule has 1 aromatic carbocycles. The Labute approximate surface area is 230 Å². The van der Waals surface area contributed by atoms with E-state index in [-0.39, 0.29) is 35.9 Å². The van der Waals surface area contributed by atoms with E-state index in [0.717, 1.165) is 44.1 Å². The predicted molar refractivity (Wildman–Crippen MR) is 152 cm³/mol. The number of Topliss-reactive ketones (excluding diaryl/α,β-unsaturated/α-hetero) is 1. The molecule has 4 atom stereocenters. The Bertz CT molecular complexity index is 840. The Balaban J connectivity index is 1.77. The molecule has 1 unspecified atom stereocenters. The molecule has 0 N–H and O–H groups in total. The maximum atomic E-state index is 15.1. The Morgan fingerprint density at radius 2 is 1.74 bits per heavy atom. The summed E-state index contributed by atoms with van der Waals surface area (Å²) < 4.78 is 41.5. The van der Waals surface area contributed by atoms with Gasteiger partial charge in [-0.25, -0.2) is 8.78 Å². The molecule has 7 heteroatoms. The van der Waals surface area contributed by atoms with Gasteiger partial charge in [-0.3, -0.25) is 9.59 Å². The molecule has 0 radical (unpaired) electrons. The highest BCUT2D eigenvalue weighted by molar-refractivity contribution is 6.69. The second-order valence-corrected chi connectivity index (χ2v) is 16.6. The summed E-state index contributed by atoms with van der Waals surface area (Å²) in [6.07, 6.45) is 6.26. The summed E-state index contributed by atoms with van der Waals surface area (Å²) in [6.45, 7) is 10.2. The fraction of sp³-hybridized carbons (Fsp3) is 0.742. The smallest absolute Gasteiger partial charge is 0.306 e. The monoisotopic (exact) mass is 552 g/mol. The molecule has 0 saturated heterocycles. The van der Waals surface area contributed by atoms with Crippen LogP contribution in [-0.4, -0.2) is 32.1 Å². The fourth-order valence-corrected chi connectivity index (χ4v) is 6.76. The van der Waals surface area contributed by atoms with Crippen LogP contribution in [0.25, 0.3) is 0 Å². The van der Waals surface area contributed by atoms with E-state index in [4.69, 9.17) is 9.16 Å². The first-order valence-corrected chi connectivity index (χ1v) is 18.1. The summed E-state index contributed by atoms with van der Waals surface area (Å²) in [7, 11) is -2.14. The van der Waals surface area contributed by atoms with Crippen LogP contribution in [0.4, 0.5) is 8.78 Å². The van der Waals surface area contributed by atoms with E-state index in [1.807, 2.05) is 56.9 Å². The lowest BCUT2D eigenvalue weighted by Crippen LogP contribution is -2.43. The molecular weight excluding hydrogens is 502 g/mol. The first kappa shape index (κ1) is 32.6. The fourth-order valence-electron chi connectivity index (χ4n) is 5.61. The zero-order valence-electron chi connectivity index (χ0n) is 24.3. The van der Waals surface area contributed by atoms with E-state index < -0.39 is 20.3 Å². The third-order valence-electron chi connectivity index (χ3n) is 7.67. The van der Waals surface area contributed by atoms with Gasteiger partial charge in [0.15, 0.2) is 8.32 Å². The lowest BCUT2D eigenvalue weighted by atomic mass is 9.82. The van der Waals surface area contributed by atoms with E-state index >= 15 is 8.78 Å². The minimum Gasteiger partial charge on any atom is -0.461 e. The van der Waals surface area contributed by atoms with E-state index in [1.54, 1.807) is 0 Å². The molecule has 1 aliphatic carbocycles. The zero-order valence-corrected chi connectivity index (χ0v) is 25.3. The van der Waals surface area contributed by atoms with Crippen molar-refractivity contribution in [2.24, 2.45) is 17.8 Å². The lowest BCUT2D eigenvalue weighted by molar-refractivity contribution is -0.145. The number of rotatable bonds is 18. The molecule has 1 aliphatic rings. The second kappa shape index (κ2) is 15.9. The van der Waals surface area contributed by atoms with Crippen molar-refractivity contribution < 1.29 is 27.5 Å². The highest BCUT2D eigenvalue weighted by Crippen LogP contribution is 2.42. The van der Waals surface area contributed by atoms with E-state index in [0.29, 0.717) is 38.7 Å². The summed E-state index contributed by atoms with van der Waals surface area (Å²) >= 11 is 0. The van der Waals surface area contributed by atoms with Gasteiger partial charge in [-0.2, -0.15) is 0 Å². The third-order valence-corrected chi connectivity index (χ3v) is 8.66. The van der Waals surface area contributed by atoms with Crippen molar-refractivity contribution in [1.29, 1.82) is 0 Å². The number of halogens is 2. The van der Waals surface area contributed by atoms with E-state index in [9.17, 15) is 9.59 Å². The van der Waals surface area contributed by atoms with Gasteiger partial charge in [-0.15, -0.1) is 0 Å². The maximum absolute atomic E-state index is 15.1. The number of carbonyl (C=O) groups is 2. The second-order valence-electron chi connectivity index (χ2n) is 12.2. The Morgan fingerprint density at radius 3 is 2.39 bits per heavy atom. The van der Waals surface area contributed by atoms with Gasteiger partial charge in [-0.1, -0.05) is 69.9 Å². The number of esters is 1. The van der Waals surface area contributed by atoms with Gasteiger partial charge in [0.05, 0.1) is 0 Å². The summed E-state index contributed by atoms with van der Waals surface area (Å²) in [6, 6.07) is 9.64. The molecule has 0 amide bonds. The van der Waals surface area contributed by atoms with Crippen LogP contribution in [0.2, 0.25) is 19.6 Å². The molecule has 1 saturated carbocycles. The van der Waals surface area contributed by atoms with E-state index in [2.05, 4.69) is 6.92 Å². The quantitative estimate of drug-likeness (QED) is 0.104. The van der Waals surface area contributed by atoms with Crippen molar-refractivity contribution in [2.45, 2.75) is 129 Å². The van der Waals surface area contributed by atoms with Gasteiger partial charge in [0, 0.05) is 25.2 Å². The molecular formula is C31H50F2O4Si. The van der Waals surface area contributed by atoms with Crippen molar-refractivity contribution in [3.05, 3.63) is 35.9 Å². The molecule has 0 bridgehead atoms. The van der Waals surface area contributed by atoms with Gasteiger partial charge < -0.3 is 9.16 Å². The van der Waals surface area contributed by atoms with Crippen molar-refractivity contribution in [3.8, 4) is 0 Å². The molecule has 4 nitrogen and oxygen atoms in total. The zero-order chi connectivity index (χ0) is 28.2. The van der Waals surface area contributed by atoms with Gasteiger partial charge in [0.25, 0.3) is 5.92 Å². The Hall–Kier alpha value is -1.60. The lowest BCUT2D eigenvalue weighted by Gasteiger charge is -2.34. The van der Waals surface area contributed by atoms with Gasteiger partial charge in [0.1, 0.15) is 18.5 Å². The number of alkyl halides is 2. The van der Waals surface area contributed by atoms with Crippen LogP contribution < -0.4 is 0 Å². The third kappa shape index (κ3) is 11.6. The van der Waals surface area contributed by atoms with Crippen molar-refractivity contribution in [3.63, 3.8) is 0 Å². The maximum Gasteiger partial charge on any atom is 0.306 e. The molecule has 2 rings (SSSR count). The van der Waals surface area contributed by atoms with Crippen molar-refractivity contribution in [1.82, 2.24) is 0 Å². The van der Waals surface area contributed by atoms with Crippen LogP contribution in [0.3, 0.4) is 0 Å². The van der Waals surface area contributed by atoms with Crippen LogP contribution in [0, 0.1) is 17.8 Å². The van der Waals surface area contributed by atoms with Gasteiger partial charge >= 0.3 is 5.97 Å².